The average Bonchev–Trinajstić information content (AvgIpc) is 1.98. The Bertz CT molecular complexity index is 145. The minimum absolute atomic E-state index is 0.289. The predicted molar refractivity (Wildman–Crippen MR) is 49.2 cm³/mol. The van der Waals surface area contributed by atoms with E-state index in [0.29, 0.717) is 0 Å². The molecule has 0 aliphatic heterocycles. The second-order valence-corrected chi connectivity index (χ2v) is 3.40. The zero-order chi connectivity index (χ0) is 9.72. The zero-order valence-corrected chi connectivity index (χ0v) is 8.37. The summed E-state index contributed by atoms with van der Waals surface area (Å²) in [7, 11) is 1.86. The molecule has 0 amide bonds. The number of aliphatic carboxylic acids is 1. The topological polar surface area (TPSA) is 40.5 Å². The molecule has 3 nitrogen and oxygen atoms in total. The molecule has 0 saturated heterocycles. The third kappa shape index (κ3) is 3.22. The number of carboxylic acids is 1. The van der Waals surface area contributed by atoms with Crippen molar-refractivity contribution in [3.63, 3.8) is 0 Å². The smallest absolute Gasteiger partial charge is 0.320 e. The molecule has 0 aliphatic carbocycles. The Morgan fingerprint density at radius 3 is 2.25 bits per heavy atom. The first-order valence-corrected chi connectivity index (χ1v) is 4.45. The van der Waals surface area contributed by atoms with Crippen molar-refractivity contribution in [2.75, 3.05) is 7.05 Å². The van der Waals surface area contributed by atoms with Gasteiger partial charge in [0.05, 0.1) is 0 Å². The van der Waals surface area contributed by atoms with Gasteiger partial charge in [-0.3, -0.25) is 9.69 Å². The highest BCUT2D eigenvalue weighted by atomic mass is 16.4. The predicted octanol–water partition coefficient (Wildman–Crippen LogP) is 1.58. The van der Waals surface area contributed by atoms with Crippen molar-refractivity contribution in [3.8, 4) is 0 Å². The fourth-order valence-corrected chi connectivity index (χ4v) is 1.13. The van der Waals surface area contributed by atoms with Crippen molar-refractivity contribution >= 4 is 5.97 Å². The van der Waals surface area contributed by atoms with Crippen LogP contribution in [0.1, 0.15) is 33.6 Å². The van der Waals surface area contributed by atoms with Crippen molar-refractivity contribution in [2.45, 2.75) is 45.7 Å². The maximum atomic E-state index is 10.8. The number of hydrogen-bond acceptors (Lipinski definition) is 2. The summed E-state index contributed by atoms with van der Waals surface area (Å²) in [4.78, 5) is 12.7. The third-order valence-corrected chi connectivity index (χ3v) is 2.15. The Hall–Kier alpha value is -0.570. The standard InChI is InChI=1S/C9H19NO2/c1-5-6-8(9(11)12)10(4)7(2)3/h7-8H,5-6H2,1-4H3,(H,11,12). The number of rotatable bonds is 5. The molecule has 0 spiro atoms. The molecule has 1 N–H and O–H groups in total. The molecular weight excluding hydrogens is 154 g/mol. The van der Waals surface area contributed by atoms with Crippen LogP contribution in [0.3, 0.4) is 0 Å². The second kappa shape index (κ2) is 5.14. The molecule has 0 aromatic carbocycles. The van der Waals surface area contributed by atoms with Gasteiger partial charge >= 0.3 is 5.97 Å². The Morgan fingerprint density at radius 1 is 1.50 bits per heavy atom. The van der Waals surface area contributed by atoms with E-state index >= 15 is 0 Å². The van der Waals surface area contributed by atoms with Crippen molar-refractivity contribution in [1.82, 2.24) is 4.90 Å². The number of carbonyl (C=O) groups is 1. The fraction of sp³-hybridized carbons (Fsp3) is 0.889. The lowest BCUT2D eigenvalue weighted by atomic mass is 10.1. The summed E-state index contributed by atoms with van der Waals surface area (Å²) >= 11 is 0. The SMILES string of the molecule is CCCC(C(=O)O)N(C)C(C)C. The van der Waals surface area contributed by atoms with Gasteiger partial charge in [0.1, 0.15) is 6.04 Å². The largest absolute Gasteiger partial charge is 0.480 e. The van der Waals surface area contributed by atoms with E-state index < -0.39 is 5.97 Å². The third-order valence-electron chi connectivity index (χ3n) is 2.15. The highest BCUT2D eigenvalue weighted by Crippen LogP contribution is 2.08. The van der Waals surface area contributed by atoms with Gasteiger partial charge in [-0.25, -0.2) is 0 Å². The number of nitrogens with zero attached hydrogens (tertiary/aromatic N) is 1. The highest BCUT2D eigenvalue weighted by molar-refractivity contribution is 5.73. The van der Waals surface area contributed by atoms with E-state index in [1.54, 1.807) is 0 Å². The van der Waals surface area contributed by atoms with Gasteiger partial charge in [0, 0.05) is 6.04 Å². The minimum atomic E-state index is -0.715. The van der Waals surface area contributed by atoms with Crippen LogP contribution in [-0.4, -0.2) is 35.1 Å². The second-order valence-electron chi connectivity index (χ2n) is 3.40. The van der Waals surface area contributed by atoms with E-state index in [2.05, 4.69) is 0 Å². The lowest BCUT2D eigenvalue weighted by molar-refractivity contribution is -0.143. The minimum Gasteiger partial charge on any atom is -0.480 e. The number of carboxylic acid groups (broad SMARTS) is 1. The Morgan fingerprint density at radius 2 is 2.00 bits per heavy atom. The molecule has 0 bridgehead atoms. The molecule has 0 aliphatic rings. The first-order valence-electron chi connectivity index (χ1n) is 4.45. The fourth-order valence-electron chi connectivity index (χ4n) is 1.13. The summed E-state index contributed by atoms with van der Waals surface area (Å²) in [5.41, 5.74) is 0. The zero-order valence-electron chi connectivity index (χ0n) is 8.37. The van der Waals surface area contributed by atoms with Crippen molar-refractivity contribution < 1.29 is 9.90 Å². The van der Waals surface area contributed by atoms with Gasteiger partial charge in [-0.2, -0.15) is 0 Å². The molecule has 0 aromatic heterocycles. The normalized spacial score (nSPS) is 13.8. The van der Waals surface area contributed by atoms with Crippen LogP contribution in [0.25, 0.3) is 0 Å². The van der Waals surface area contributed by atoms with Crippen molar-refractivity contribution in [2.24, 2.45) is 0 Å². The van der Waals surface area contributed by atoms with Gasteiger partial charge in [0.15, 0.2) is 0 Å². The summed E-state index contributed by atoms with van der Waals surface area (Å²) in [6.07, 6.45) is 1.64. The van der Waals surface area contributed by atoms with Crippen molar-refractivity contribution in [3.05, 3.63) is 0 Å². The van der Waals surface area contributed by atoms with E-state index in [-0.39, 0.29) is 12.1 Å². The molecule has 1 unspecified atom stereocenters. The van der Waals surface area contributed by atoms with E-state index in [1.807, 2.05) is 32.7 Å². The molecule has 0 heterocycles. The van der Waals surface area contributed by atoms with Gasteiger partial charge in [-0.05, 0) is 27.3 Å². The first-order chi connectivity index (χ1) is 5.50. The molecule has 72 valence electrons. The molecule has 0 rings (SSSR count). The van der Waals surface area contributed by atoms with E-state index in [4.69, 9.17) is 5.11 Å². The number of likely N-dealkylation sites (N-methyl/N-ethyl adjacent to an activating group) is 1. The summed E-state index contributed by atoms with van der Waals surface area (Å²) < 4.78 is 0. The van der Waals surface area contributed by atoms with Crippen LogP contribution < -0.4 is 0 Å². The molecule has 1 atom stereocenters. The van der Waals surface area contributed by atoms with Crippen LogP contribution in [0.15, 0.2) is 0 Å². The van der Waals surface area contributed by atoms with Gasteiger partial charge in [-0.1, -0.05) is 13.3 Å². The Labute approximate surface area is 74.4 Å². The molecule has 0 aromatic rings. The van der Waals surface area contributed by atoms with Crippen molar-refractivity contribution in [1.29, 1.82) is 0 Å². The summed E-state index contributed by atoms with van der Waals surface area (Å²) in [5.74, 6) is -0.715. The van der Waals surface area contributed by atoms with Crippen LogP contribution in [0, 0.1) is 0 Å². The van der Waals surface area contributed by atoms with Gasteiger partial charge in [-0.15, -0.1) is 0 Å². The summed E-state index contributed by atoms with van der Waals surface area (Å²) in [5, 5.41) is 8.88. The maximum absolute atomic E-state index is 10.8. The average molecular weight is 173 g/mol. The van der Waals surface area contributed by atoms with Gasteiger partial charge < -0.3 is 5.11 Å². The van der Waals surface area contributed by atoms with Crippen LogP contribution in [0.5, 0.6) is 0 Å². The van der Waals surface area contributed by atoms with E-state index in [1.165, 1.54) is 0 Å². The molecule has 3 heteroatoms. The molecule has 0 radical (unpaired) electrons. The monoisotopic (exact) mass is 173 g/mol. The molecule has 12 heavy (non-hydrogen) atoms. The summed E-state index contributed by atoms with van der Waals surface area (Å²) in [6.45, 7) is 6.02. The lowest BCUT2D eigenvalue weighted by Crippen LogP contribution is -2.42. The van der Waals surface area contributed by atoms with Crippen LogP contribution in [0.2, 0.25) is 0 Å². The molecule has 0 saturated carbocycles. The van der Waals surface area contributed by atoms with Gasteiger partial charge in [0.2, 0.25) is 0 Å². The molecule has 0 fully saturated rings. The Kier molecular flexibility index (Phi) is 4.90. The maximum Gasteiger partial charge on any atom is 0.320 e. The van der Waals surface area contributed by atoms with Crippen LogP contribution in [-0.2, 0) is 4.79 Å². The highest BCUT2D eigenvalue weighted by Gasteiger charge is 2.22. The van der Waals surface area contributed by atoms with E-state index in [0.717, 1.165) is 12.8 Å². The van der Waals surface area contributed by atoms with Crippen LogP contribution in [0.4, 0.5) is 0 Å². The van der Waals surface area contributed by atoms with Gasteiger partial charge in [0.25, 0.3) is 0 Å². The number of hydrogen-bond donors (Lipinski definition) is 1. The quantitative estimate of drug-likeness (QED) is 0.686. The summed E-state index contributed by atoms with van der Waals surface area (Å²) in [6, 6.07) is -0.0346. The first kappa shape index (κ1) is 11.4. The Balaban J connectivity index is 4.18. The molecular formula is C9H19NO2. The van der Waals surface area contributed by atoms with Crippen LogP contribution >= 0.6 is 0 Å². The van der Waals surface area contributed by atoms with E-state index in [9.17, 15) is 4.79 Å². The lowest BCUT2D eigenvalue weighted by Gasteiger charge is -2.27.